The van der Waals surface area contributed by atoms with Gasteiger partial charge in [0.25, 0.3) is 0 Å². The van der Waals surface area contributed by atoms with Crippen molar-refractivity contribution in [2.24, 2.45) is 0 Å². The van der Waals surface area contributed by atoms with Crippen LogP contribution in [0.5, 0.6) is 0 Å². The Bertz CT molecular complexity index is 628. The minimum Gasteiger partial charge on any atom is -0.375 e. The van der Waals surface area contributed by atoms with Crippen molar-refractivity contribution in [3.8, 4) is 6.07 Å². The highest BCUT2D eigenvalue weighted by atomic mass is 32.1. The summed E-state index contributed by atoms with van der Waals surface area (Å²) in [6.45, 7) is 3.77. The van der Waals surface area contributed by atoms with E-state index < -0.39 is 0 Å². The summed E-state index contributed by atoms with van der Waals surface area (Å²) >= 11 is 1.37. The van der Waals surface area contributed by atoms with Crippen LogP contribution in [0, 0.1) is 24.1 Å². The fourth-order valence-electron chi connectivity index (χ4n) is 1.92. The van der Waals surface area contributed by atoms with Crippen LogP contribution in [0.1, 0.15) is 34.5 Å². The molecule has 0 spiro atoms. The second-order valence-corrected chi connectivity index (χ2v) is 5.13. The predicted octanol–water partition coefficient (Wildman–Crippen LogP) is 3.20. The first kappa shape index (κ1) is 12.5. The molecule has 0 amide bonds. The van der Waals surface area contributed by atoms with E-state index in [1.54, 1.807) is 12.1 Å². The molecular weight excluding hydrogens is 249 g/mol. The van der Waals surface area contributed by atoms with E-state index in [-0.39, 0.29) is 11.7 Å². The molecule has 92 valence electrons. The molecule has 0 aliphatic rings. The maximum atomic E-state index is 13.9. The second-order valence-electron chi connectivity index (χ2n) is 4.07. The lowest BCUT2D eigenvalue weighted by Gasteiger charge is -2.11. The van der Waals surface area contributed by atoms with Gasteiger partial charge in [0.15, 0.2) is 5.13 Å². The molecule has 1 unspecified atom stereocenters. The smallest absolute Gasteiger partial charge is 0.180 e. The van der Waals surface area contributed by atoms with Gasteiger partial charge in [-0.05, 0) is 24.6 Å². The number of nitrogen functional groups attached to an aromatic ring is 1. The standard InChI is InChI=1S/C13H12FN3S/c1-7(12-8(2)17-13(16)18-12)10-4-3-9(6-15)5-11(10)14/h3-5,7H,1-2H3,(H2,16,17). The Morgan fingerprint density at radius 1 is 1.50 bits per heavy atom. The lowest BCUT2D eigenvalue weighted by atomic mass is 9.97. The molecule has 5 heteroatoms. The topological polar surface area (TPSA) is 62.7 Å². The van der Waals surface area contributed by atoms with Crippen molar-refractivity contribution in [3.05, 3.63) is 45.7 Å². The number of anilines is 1. The fraction of sp³-hybridized carbons (Fsp3) is 0.231. The van der Waals surface area contributed by atoms with Crippen LogP contribution in [-0.2, 0) is 0 Å². The zero-order valence-electron chi connectivity index (χ0n) is 10.1. The molecule has 0 saturated heterocycles. The van der Waals surface area contributed by atoms with Gasteiger partial charge in [-0.25, -0.2) is 9.37 Å². The zero-order valence-corrected chi connectivity index (χ0v) is 10.9. The van der Waals surface area contributed by atoms with Crippen LogP contribution < -0.4 is 5.73 Å². The lowest BCUT2D eigenvalue weighted by molar-refractivity contribution is 0.603. The predicted molar refractivity (Wildman–Crippen MR) is 69.9 cm³/mol. The minimum absolute atomic E-state index is 0.118. The van der Waals surface area contributed by atoms with Crippen molar-refractivity contribution in [2.45, 2.75) is 19.8 Å². The Kier molecular flexibility index (Phi) is 3.30. The molecule has 1 heterocycles. The number of aromatic nitrogens is 1. The van der Waals surface area contributed by atoms with Crippen LogP contribution in [0.3, 0.4) is 0 Å². The molecule has 0 bridgehead atoms. The number of nitriles is 1. The highest BCUT2D eigenvalue weighted by molar-refractivity contribution is 7.15. The largest absolute Gasteiger partial charge is 0.375 e. The lowest BCUT2D eigenvalue weighted by Crippen LogP contribution is -1.99. The van der Waals surface area contributed by atoms with Gasteiger partial charge in [0.2, 0.25) is 0 Å². The summed E-state index contributed by atoms with van der Waals surface area (Å²) in [6.07, 6.45) is 0. The van der Waals surface area contributed by atoms with E-state index in [4.69, 9.17) is 11.0 Å². The SMILES string of the molecule is Cc1nc(N)sc1C(C)c1ccc(C#N)cc1F. The highest BCUT2D eigenvalue weighted by Gasteiger charge is 2.18. The number of hydrogen-bond acceptors (Lipinski definition) is 4. The summed E-state index contributed by atoms with van der Waals surface area (Å²) in [7, 11) is 0. The minimum atomic E-state index is -0.368. The van der Waals surface area contributed by atoms with Crippen molar-refractivity contribution < 1.29 is 4.39 Å². The van der Waals surface area contributed by atoms with Crippen molar-refractivity contribution in [2.75, 3.05) is 5.73 Å². The van der Waals surface area contributed by atoms with Crippen LogP contribution in [0.15, 0.2) is 18.2 Å². The van der Waals surface area contributed by atoms with Gasteiger partial charge < -0.3 is 5.73 Å². The number of aryl methyl sites for hydroxylation is 1. The summed E-state index contributed by atoms with van der Waals surface area (Å²) in [5.74, 6) is -0.486. The summed E-state index contributed by atoms with van der Waals surface area (Å²) in [5.41, 5.74) is 7.36. The Morgan fingerprint density at radius 3 is 2.72 bits per heavy atom. The van der Waals surface area contributed by atoms with E-state index >= 15 is 0 Å². The van der Waals surface area contributed by atoms with Crippen LogP contribution in [0.2, 0.25) is 0 Å². The first-order valence-corrected chi connectivity index (χ1v) is 6.27. The third-order valence-electron chi connectivity index (χ3n) is 2.84. The molecule has 0 saturated carbocycles. The molecule has 0 aliphatic heterocycles. The quantitative estimate of drug-likeness (QED) is 0.903. The maximum Gasteiger partial charge on any atom is 0.180 e. The number of nitrogens with zero attached hydrogens (tertiary/aromatic N) is 2. The number of thiazole rings is 1. The highest BCUT2D eigenvalue weighted by Crippen LogP contribution is 2.33. The monoisotopic (exact) mass is 261 g/mol. The Hall–Kier alpha value is -1.93. The molecule has 1 aromatic carbocycles. The fourth-order valence-corrected chi connectivity index (χ4v) is 2.83. The number of rotatable bonds is 2. The molecule has 0 aliphatic carbocycles. The van der Waals surface area contributed by atoms with Crippen molar-refractivity contribution in [1.29, 1.82) is 5.26 Å². The van der Waals surface area contributed by atoms with Gasteiger partial charge in [0.1, 0.15) is 5.82 Å². The molecule has 1 atom stereocenters. The van der Waals surface area contributed by atoms with Gasteiger partial charge in [-0.2, -0.15) is 5.26 Å². The third kappa shape index (κ3) is 2.20. The van der Waals surface area contributed by atoms with Gasteiger partial charge in [-0.15, -0.1) is 11.3 Å². The molecule has 0 fully saturated rings. The van der Waals surface area contributed by atoms with Gasteiger partial charge in [0, 0.05) is 10.8 Å². The Balaban J connectivity index is 2.43. The van der Waals surface area contributed by atoms with Gasteiger partial charge in [-0.3, -0.25) is 0 Å². The van der Waals surface area contributed by atoms with E-state index in [1.165, 1.54) is 17.4 Å². The third-order valence-corrected chi connectivity index (χ3v) is 4.01. The van der Waals surface area contributed by atoms with Crippen LogP contribution >= 0.6 is 11.3 Å². The summed E-state index contributed by atoms with van der Waals surface area (Å²) in [4.78, 5) is 5.10. The van der Waals surface area contributed by atoms with Crippen molar-refractivity contribution >= 4 is 16.5 Å². The van der Waals surface area contributed by atoms with Gasteiger partial charge in [-0.1, -0.05) is 13.0 Å². The Labute approximate surface area is 109 Å². The van der Waals surface area contributed by atoms with Crippen LogP contribution in [-0.4, -0.2) is 4.98 Å². The van der Waals surface area contributed by atoms with Crippen LogP contribution in [0.4, 0.5) is 9.52 Å². The Morgan fingerprint density at radius 2 is 2.22 bits per heavy atom. The van der Waals surface area contributed by atoms with E-state index in [0.717, 1.165) is 10.6 Å². The molecule has 3 nitrogen and oxygen atoms in total. The average Bonchev–Trinajstić information content (AvgIpc) is 2.67. The first-order chi connectivity index (χ1) is 8.52. The van der Waals surface area contributed by atoms with Crippen LogP contribution in [0.25, 0.3) is 0 Å². The van der Waals surface area contributed by atoms with E-state index in [9.17, 15) is 4.39 Å². The van der Waals surface area contributed by atoms with Gasteiger partial charge >= 0.3 is 0 Å². The summed E-state index contributed by atoms with van der Waals surface area (Å²) in [5, 5.41) is 9.20. The maximum absolute atomic E-state index is 13.9. The second kappa shape index (κ2) is 4.75. The van der Waals surface area contributed by atoms with E-state index in [0.29, 0.717) is 16.3 Å². The molecular formula is C13H12FN3S. The van der Waals surface area contributed by atoms with E-state index in [2.05, 4.69) is 4.98 Å². The summed E-state index contributed by atoms with van der Waals surface area (Å²) in [6, 6.07) is 6.44. The van der Waals surface area contributed by atoms with Crippen molar-refractivity contribution in [1.82, 2.24) is 4.98 Å². The molecule has 0 radical (unpaired) electrons. The molecule has 2 rings (SSSR count). The van der Waals surface area contributed by atoms with Crippen molar-refractivity contribution in [3.63, 3.8) is 0 Å². The normalized spacial score (nSPS) is 12.1. The zero-order chi connectivity index (χ0) is 13.3. The number of nitrogens with two attached hydrogens (primary N) is 1. The number of hydrogen-bond donors (Lipinski definition) is 1. The average molecular weight is 261 g/mol. The van der Waals surface area contributed by atoms with Gasteiger partial charge in [0.05, 0.1) is 17.3 Å². The number of halogens is 1. The van der Waals surface area contributed by atoms with E-state index in [1.807, 2.05) is 19.9 Å². The number of benzene rings is 1. The molecule has 2 N–H and O–H groups in total. The molecule has 18 heavy (non-hydrogen) atoms. The summed E-state index contributed by atoms with van der Waals surface area (Å²) < 4.78 is 13.9. The molecule has 2 aromatic rings. The molecule has 1 aromatic heterocycles. The first-order valence-electron chi connectivity index (χ1n) is 5.45.